The molecule has 0 saturated heterocycles. The number of aliphatic hydroxyl groups excluding tert-OH is 2. The van der Waals surface area contributed by atoms with E-state index < -0.39 is 12.2 Å². The highest BCUT2D eigenvalue weighted by Gasteiger charge is 2.12. The predicted molar refractivity (Wildman–Crippen MR) is 160 cm³/mol. The van der Waals surface area contributed by atoms with Crippen LogP contribution in [0.15, 0.2) is 36.5 Å². The van der Waals surface area contributed by atoms with Gasteiger partial charge in [0.15, 0.2) is 0 Å². The minimum Gasteiger partial charge on any atom is -0.463 e. The highest BCUT2D eigenvalue weighted by Crippen LogP contribution is 2.12. The van der Waals surface area contributed by atoms with Gasteiger partial charge in [-0.1, -0.05) is 115 Å². The second kappa shape index (κ2) is 27.6. The van der Waals surface area contributed by atoms with E-state index in [1.54, 1.807) is 6.08 Å². The van der Waals surface area contributed by atoms with Gasteiger partial charge in [0.05, 0.1) is 6.10 Å². The zero-order chi connectivity index (χ0) is 29.0. The highest BCUT2D eigenvalue weighted by atomic mass is 16.6. The van der Waals surface area contributed by atoms with Gasteiger partial charge >= 0.3 is 11.9 Å². The Balaban J connectivity index is 3.57. The number of allylic oxidation sites excluding steroid dienone is 4. The van der Waals surface area contributed by atoms with E-state index in [9.17, 15) is 19.8 Å². The molecule has 0 radical (unpaired) electrons. The lowest BCUT2D eigenvalue weighted by molar-refractivity contribution is -0.152. The van der Waals surface area contributed by atoms with Crippen LogP contribution in [0.2, 0.25) is 0 Å². The molecule has 0 aromatic carbocycles. The SMILES string of the molecule is CC/C=C/CC(O)/C=C/C=C/CCCCCCCC(=O)OC[C@@H](O)COC(=O)CCCCCCCCC(C)C. The van der Waals surface area contributed by atoms with Gasteiger partial charge in [0, 0.05) is 12.8 Å². The highest BCUT2D eigenvalue weighted by molar-refractivity contribution is 5.69. The molecule has 0 fully saturated rings. The molecule has 0 aromatic heterocycles. The van der Waals surface area contributed by atoms with E-state index in [0.717, 1.165) is 70.1 Å². The number of hydrogen-bond acceptors (Lipinski definition) is 6. The first kappa shape index (κ1) is 37.1. The second-order valence-electron chi connectivity index (χ2n) is 10.9. The minimum absolute atomic E-state index is 0.136. The van der Waals surface area contributed by atoms with Crippen molar-refractivity contribution in [2.75, 3.05) is 13.2 Å². The first-order chi connectivity index (χ1) is 18.8. The Morgan fingerprint density at radius 1 is 0.692 bits per heavy atom. The number of carbonyl (C=O) groups excluding carboxylic acids is 2. The summed E-state index contributed by atoms with van der Waals surface area (Å²) in [6.45, 7) is 6.30. The molecule has 0 aliphatic rings. The third-order valence-electron chi connectivity index (χ3n) is 6.40. The fraction of sp³-hybridized carbons (Fsp3) is 0.758. The molecular formula is C33H58O6. The van der Waals surface area contributed by atoms with Gasteiger partial charge in [-0.25, -0.2) is 0 Å². The average molecular weight is 551 g/mol. The lowest BCUT2D eigenvalue weighted by Gasteiger charge is -2.12. The molecule has 226 valence electrons. The largest absolute Gasteiger partial charge is 0.463 e. The molecule has 0 aromatic rings. The van der Waals surface area contributed by atoms with Gasteiger partial charge in [0.25, 0.3) is 0 Å². The van der Waals surface area contributed by atoms with Crippen LogP contribution in [0.5, 0.6) is 0 Å². The van der Waals surface area contributed by atoms with E-state index in [-0.39, 0.29) is 25.2 Å². The molecule has 2 atom stereocenters. The summed E-state index contributed by atoms with van der Waals surface area (Å²) in [5.74, 6) is 0.143. The zero-order valence-corrected chi connectivity index (χ0v) is 25.2. The van der Waals surface area contributed by atoms with Crippen molar-refractivity contribution in [1.29, 1.82) is 0 Å². The molecule has 2 N–H and O–H groups in total. The maximum Gasteiger partial charge on any atom is 0.305 e. The third-order valence-corrected chi connectivity index (χ3v) is 6.40. The van der Waals surface area contributed by atoms with Gasteiger partial charge < -0.3 is 19.7 Å². The van der Waals surface area contributed by atoms with E-state index in [4.69, 9.17) is 9.47 Å². The van der Waals surface area contributed by atoms with Crippen molar-refractivity contribution in [3.8, 4) is 0 Å². The number of ether oxygens (including phenoxy) is 2. The van der Waals surface area contributed by atoms with Crippen LogP contribution >= 0.6 is 0 Å². The van der Waals surface area contributed by atoms with Crippen LogP contribution in [0.3, 0.4) is 0 Å². The average Bonchev–Trinajstić information content (AvgIpc) is 2.90. The van der Waals surface area contributed by atoms with E-state index >= 15 is 0 Å². The maximum absolute atomic E-state index is 11.9. The fourth-order valence-electron chi connectivity index (χ4n) is 4.01. The Morgan fingerprint density at radius 3 is 1.79 bits per heavy atom. The van der Waals surface area contributed by atoms with Gasteiger partial charge in [-0.3, -0.25) is 9.59 Å². The lowest BCUT2D eigenvalue weighted by atomic mass is 10.0. The van der Waals surface area contributed by atoms with E-state index in [2.05, 4.69) is 32.9 Å². The molecule has 0 saturated carbocycles. The van der Waals surface area contributed by atoms with Crippen molar-refractivity contribution in [2.45, 2.75) is 142 Å². The first-order valence-electron chi connectivity index (χ1n) is 15.5. The standard InChI is InChI=1S/C33H58O6/c1-4-5-17-23-30(34)24-19-14-9-7-6-8-10-15-20-25-32(36)38-27-31(35)28-39-33(37)26-21-16-12-11-13-18-22-29(2)3/h5,9,14,17,19,24,29-31,34-35H,4,6-8,10-13,15-16,18,20-23,25-28H2,1-3H3/b14-9+,17-5+,24-19+/t30?,31-/m1/s1. The summed E-state index contributed by atoms with van der Waals surface area (Å²) in [4.78, 5) is 23.7. The Labute approximate surface area is 238 Å². The van der Waals surface area contributed by atoms with Crippen LogP contribution in [0.1, 0.15) is 130 Å². The van der Waals surface area contributed by atoms with E-state index in [1.807, 2.05) is 18.2 Å². The van der Waals surface area contributed by atoms with Gasteiger partial charge in [-0.15, -0.1) is 0 Å². The van der Waals surface area contributed by atoms with Crippen molar-refractivity contribution < 1.29 is 29.3 Å². The quantitative estimate of drug-likeness (QED) is 0.0494. The van der Waals surface area contributed by atoms with Crippen molar-refractivity contribution in [2.24, 2.45) is 5.92 Å². The summed E-state index contributed by atoms with van der Waals surface area (Å²) in [6, 6.07) is 0. The lowest BCUT2D eigenvalue weighted by Crippen LogP contribution is -2.25. The predicted octanol–water partition coefficient (Wildman–Crippen LogP) is 7.77. The van der Waals surface area contributed by atoms with Gasteiger partial charge in [-0.05, 0) is 44.4 Å². The number of carbonyl (C=O) groups is 2. The monoisotopic (exact) mass is 550 g/mol. The molecule has 0 amide bonds. The summed E-state index contributed by atoms with van der Waals surface area (Å²) in [7, 11) is 0. The zero-order valence-electron chi connectivity index (χ0n) is 25.2. The molecule has 0 aliphatic carbocycles. The van der Waals surface area contributed by atoms with Crippen molar-refractivity contribution in [3.63, 3.8) is 0 Å². The number of hydrogen-bond donors (Lipinski definition) is 2. The van der Waals surface area contributed by atoms with Crippen LogP contribution in [0, 0.1) is 5.92 Å². The van der Waals surface area contributed by atoms with Crippen LogP contribution < -0.4 is 0 Å². The third kappa shape index (κ3) is 28.9. The Morgan fingerprint density at radius 2 is 1.23 bits per heavy atom. The van der Waals surface area contributed by atoms with Crippen molar-refractivity contribution in [1.82, 2.24) is 0 Å². The van der Waals surface area contributed by atoms with Gasteiger partial charge in [0.1, 0.15) is 19.3 Å². The summed E-state index contributed by atoms with van der Waals surface area (Å²) < 4.78 is 10.2. The molecule has 6 nitrogen and oxygen atoms in total. The van der Waals surface area contributed by atoms with Crippen LogP contribution in [0.25, 0.3) is 0 Å². The minimum atomic E-state index is -0.983. The summed E-state index contributed by atoms with van der Waals surface area (Å²) in [6.07, 6.45) is 26.8. The molecule has 0 aliphatic heterocycles. The summed E-state index contributed by atoms with van der Waals surface area (Å²) in [5.41, 5.74) is 0. The fourth-order valence-corrected chi connectivity index (χ4v) is 4.01. The number of unbranched alkanes of at least 4 members (excludes halogenated alkanes) is 10. The molecular weight excluding hydrogens is 492 g/mol. The topological polar surface area (TPSA) is 93.1 Å². The smallest absolute Gasteiger partial charge is 0.305 e. The Hall–Kier alpha value is -1.92. The second-order valence-corrected chi connectivity index (χ2v) is 10.9. The maximum atomic E-state index is 11.9. The van der Waals surface area contributed by atoms with E-state index in [0.29, 0.717) is 19.3 Å². The molecule has 0 bridgehead atoms. The Kier molecular flexibility index (Phi) is 26.3. The van der Waals surface area contributed by atoms with Crippen molar-refractivity contribution >= 4 is 11.9 Å². The van der Waals surface area contributed by atoms with Gasteiger partial charge in [0.2, 0.25) is 0 Å². The summed E-state index contributed by atoms with van der Waals surface area (Å²) in [5, 5.41) is 19.7. The molecule has 6 heteroatoms. The molecule has 1 unspecified atom stereocenters. The summed E-state index contributed by atoms with van der Waals surface area (Å²) >= 11 is 0. The first-order valence-corrected chi connectivity index (χ1v) is 15.5. The molecule has 0 rings (SSSR count). The van der Waals surface area contributed by atoms with E-state index in [1.165, 1.54) is 25.7 Å². The van der Waals surface area contributed by atoms with Crippen LogP contribution in [-0.2, 0) is 19.1 Å². The normalized spacial score (nSPS) is 13.6. The Bertz CT molecular complexity index is 667. The number of esters is 2. The van der Waals surface area contributed by atoms with Crippen LogP contribution in [0.4, 0.5) is 0 Å². The number of rotatable bonds is 26. The van der Waals surface area contributed by atoms with Crippen LogP contribution in [-0.4, -0.2) is 47.6 Å². The molecule has 0 spiro atoms. The molecule has 0 heterocycles. The number of aliphatic hydroxyl groups is 2. The van der Waals surface area contributed by atoms with Crippen molar-refractivity contribution in [3.05, 3.63) is 36.5 Å². The molecule has 39 heavy (non-hydrogen) atoms. The van der Waals surface area contributed by atoms with Gasteiger partial charge in [-0.2, -0.15) is 0 Å².